The lowest BCUT2D eigenvalue weighted by molar-refractivity contribution is 0.0949. The summed E-state index contributed by atoms with van der Waals surface area (Å²) in [6, 6.07) is 6.39. The number of benzene rings is 1. The minimum Gasteiger partial charge on any atom is -0.390 e. The molecular formula is C18H20N6O. The first-order valence-electron chi connectivity index (χ1n) is 8.28. The number of aromatic nitrogens is 4. The maximum Gasteiger partial charge on any atom is 0.163 e. The molecule has 0 spiro atoms. The zero-order valence-corrected chi connectivity index (χ0v) is 14.5. The number of hydrogen-bond acceptors (Lipinski definition) is 6. The first kappa shape index (κ1) is 15.6. The average Bonchev–Trinajstić information content (AvgIpc) is 3.23. The molecule has 2 aromatic heterocycles. The molecule has 0 amide bonds. The molecule has 0 bridgehead atoms. The number of oxime groups is 1. The quantitative estimate of drug-likeness (QED) is 0.792. The Morgan fingerprint density at radius 1 is 1.24 bits per heavy atom. The van der Waals surface area contributed by atoms with Crippen molar-refractivity contribution in [3.05, 3.63) is 47.4 Å². The second kappa shape index (κ2) is 6.16. The first-order valence-corrected chi connectivity index (χ1v) is 8.28. The molecule has 3 heterocycles. The van der Waals surface area contributed by atoms with Gasteiger partial charge in [-0.1, -0.05) is 17.3 Å². The van der Waals surface area contributed by atoms with Gasteiger partial charge in [-0.25, -0.2) is 9.97 Å². The summed E-state index contributed by atoms with van der Waals surface area (Å²) in [6.45, 7) is 4.85. The van der Waals surface area contributed by atoms with E-state index < -0.39 is 0 Å². The van der Waals surface area contributed by atoms with Crippen LogP contribution < -0.4 is 5.32 Å². The summed E-state index contributed by atoms with van der Waals surface area (Å²) >= 11 is 0. The van der Waals surface area contributed by atoms with Crippen molar-refractivity contribution in [1.82, 2.24) is 19.7 Å². The molecule has 7 nitrogen and oxygen atoms in total. The fourth-order valence-electron chi connectivity index (χ4n) is 2.94. The average molecular weight is 336 g/mol. The standard InChI is InChI=1S/C18H20N6O/c1-11-4-5-13(6-12(11)2)16-7-14(25-23-16)8-19-17-15-9-22-24(3)18(15)21-10-20-17/h4-6,9-10,14H,7-8H2,1-3H3,(H,19,20,21)/t14-/m1/s1. The van der Waals surface area contributed by atoms with Crippen molar-refractivity contribution in [2.75, 3.05) is 11.9 Å². The lowest BCUT2D eigenvalue weighted by atomic mass is 10.0. The Morgan fingerprint density at radius 2 is 2.12 bits per heavy atom. The Labute approximate surface area is 145 Å². The third kappa shape index (κ3) is 2.93. The van der Waals surface area contributed by atoms with Crippen LogP contribution >= 0.6 is 0 Å². The van der Waals surface area contributed by atoms with Crippen molar-refractivity contribution in [3.63, 3.8) is 0 Å². The van der Waals surface area contributed by atoms with E-state index in [1.165, 1.54) is 11.1 Å². The van der Waals surface area contributed by atoms with Gasteiger partial charge in [0.2, 0.25) is 0 Å². The van der Waals surface area contributed by atoms with Crippen LogP contribution in [-0.2, 0) is 11.9 Å². The van der Waals surface area contributed by atoms with Crippen LogP contribution in [0.3, 0.4) is 0 Å². The van der Waals surface area contributed by atoms with Gasteiger partial charge in [0.15, 0.2) is 5.65 Å². The highest BCUT2D eigenvalue weighted by Gasteiger charge is 2.22. The molecule has 3 aromatic rings. The monoisotopic (exact) mass is 336 g/mol. The Hall–Kier alpha value is -2.96. The minimum absolute atomic E-state index is 0.0155. The summed E-state index contributed by atoms with van der Waals surface area (Å²) in [7, 11) is 1.86. The van der Waals surface area contributed by atoms with Crippen LogP contribution in [-0.4, -0.2) is 38.1 Å². The van der Waals surface area contributed by atoms with Gasteiger partial charge in [-0.2, -0.15) is 5.10 Å². The molecule has 0 saturated carbocycles. The second-order valence-corrected chi connectivity index (χ2v) is 6.38. The molecule has 0 aliphatic carbocycles. The van der Waals surface area contributed by atoms with Gasteiger partial charge in [-0.3, -0.25) is 4.68 Å². The lowest BCUT2D eigenvalue weighted by Gasteiger charge is -2.10. The zero-order valence-electron chi connectivity index (χ0n) is 14.5. The molecule has 25 heavy (non-hydrogen) atoms. The summed E-state index contributed by atoms with van der Waals surface area (Å²) < 4.78 is 1.73. The van der Waals surface area contributed by atoms with Gasteiger partial charge < -0.3 is 10.2 Å². The van der Waals surface area contributed by atoms with Gasteiger partial charge in [0.05, 0.1) is 23.8 Å². The van der Waals surface area contributed by atoms with E-state index in [9.17, 15) is 0 Å². The summed E-state index contributed by atoms with van der Waals surface area (Å²) in [5.74, 6) is 0.765. The Balaban J connectivity index is 1.42. The van der Waals surface area contributed by atoms with Gasteiger partial charge >= 0.3 is 0 Å². The second-order valence-electron chi connectivity index (χ2n) is 6.38. The van der Waals surface area contributed by atoms with Crippen molar-refractivity contribution in [1.29, 1.82) is 0 Å². The SMILES string of the molecule is Cc1ccc(C2=NO[C@@H](CNc3ncnc4c3cnn4C)C2)cc1C. The fourth-order valence-corrected chi connectivity index (χ4v) is 2.94. The third-order valence-electron chi connectivity index (χ3n) is 4.60. The van der Waals surface area contributed by atoms with Gasteiger partial charge in [0, 0.05) is 13.5 Å². The maximum atomic E-state index is 5.59. The molecule has 128 valence electrons. The summed E-state index contributed by atoms with van der Waals surface area (Å²) in [5, 5.41) is 12.7. The van der Waals surface area contributed by atoms with Gasteiger partial charge in [0.1, 0.15) is 18.2 Å². The smallest absolute Gasteiger partial charge is 0.163 e. The van der Waals surface area contributed by atoms with E-state index in [-0.39, 0.29) is 6.10 Å². The Bertz CT molecular complexity index is 961. The predicted molar refractivity (Wildman–Crippen MR) is 96.7 cm³/mol. The van der Waals surface area contributed by atoms with Crippen LogP contribution in [0.5, 0.6) is 0 Å². The molecule has 7 heteroatoms. The first-order chi connectivity index (χ1) is 12.1. The van der Waals surface area contributed by atoms with E-state index in [1.807, 2.05) is 7.05 Å². The van der Waals surface area contributed by atoms with Crippen molar-refractivity contribution < 1.29 is 4.84 Å². The molecule has 1 aromatic carbocycles. The Kier molecular flexibility index (Phi) is 3.83. The van der Waals surface area contributed by atoms with E-state index in [0.717, 1.165) is 34.5 Å². The van der Waals surface area contributed by atoms with Crippen molar-refractivity contribution in [3.8, 4) is 0 Å². The van der Waals surface area contributed by atoms with Crippen molar-refractivity contribution in [2.24, 2.45) is 12.2 Å². The zero-order chi connectivity index (χ0) is 17.4. The summed E-state index contributed by atoms with van der Waals surface area (Å²) in [4.78, 5) is 14.1. The van der Waals surface area contributed by atoms with Crippen LogP contribution in [0, 0.1) is 13.8 Å². The van der Waals surface area contributed by atoms with E-state index in [1.54, 1.807) is 17.2 Å². The number of nitrogens with zero attached hydrogens (tertiary/aromatic N) is 5. The van der Waals surface area contributed by atoms with Gasteiger partial charge in [-0.05, 0) is 36.6 Å². The molecule has 1 aliphatic heterocycles. The molecule has 0 fully saturated rings. The normalized spacial score (nSPS) is 16.8. The minimum atomic E-state index is -0.0155. The van der Waals surface area contributed by atoms with E-state index in [0.29, 0.717) is 6.54 Å². The van der Waals surface area contributed by atoms with E-state index in [2.05, 4.69) is 57.6 Å². The van der Waals surface area contributed by atoms with Gasteiger partial charge in [-0.15, -0.1) is 0 Å². The lowest BCUT2D eigenvalue weighted by Crippen LogP contribution is -2.20. The molecule has 0 saturated heterocycles. The third-order valence-corrected chi connectivity index (χ3v) is 4.60. The van der Waals surface area contributed by atoms with Gasteiger partial charge in [0.25, 0.3) is 0 Å². The molecule has 1 N–H and O–H groups in total. The van der Waals surface area contributed by atoms with Crippen LogP contribution in [0.25, 0.3) is 11.0 Å². The summed E-state index contributed by atoms with van der Waals surface area (Å²) in [6.07, 6.45) is 4.07. The van der Waals surface area contributed by atoms with Crippen molar-refractivity contribution >= 4 is 22.6 Å². The van der Waals surface area contributed by atoms with E-state index >= 15 is 0 Å². The molecule has 0 radical (unpaired) electrons. The number of aryl methyl sites for hydroxylation is 3. The number of rotatable bonds is 4. The molecule has 1 atom stereocenters. The van der Waals surface area contributed by atoms with Crippen LogP contribution in [0.2, 0.25) is 0 Å². The highest BCUT2D eigenvalue weighted by Crippen LogP contribution is 2.21. The number of anilines is 1. The fraction of sp³-hybridized carbons (Fsp3) is 0.333. The van der Waals surface area contributed by atoms with Crippen LogP contribution in [0.4, 0.5) is 5.82 Å². The predicted octanol–water partition coefficient (Wildman–Crippen LogP) is 2.59. The molecule has 4 rings (SSSR count). The summed E-state index contributed by atoms with van der Waals surface area (Å²) in [5.41, 5.74) is 5.47. The molecule has 1 aliphatic rings. The van der Waals surface area contributed by atoms with Crippen molar-refractivity contribution in [2.45, 2.75) is 26.4 Å². The van der Waals surface area contributed by atoms with E-state index in [4.69, 9.17) is 4.84 Å². The highest BCUT2D eigenvalue weighted by molar-refractivity contribution is 6.01. The highest BCUT2D eigenvalue weighted by atomic mass is 16.6. The number of nitrogens with one attached hydrogen (secondary N) is 1. The molecule has 0 unspecified atom stereocenters. The number of hydrogen-bond donors (Lipinski definition) is 1. The maximum absolute atomic E-state index is 5.59. The van der Waals surface area contributed by atoms with Crippen LogP contribution in [0.15, 0.2) is 35.9 Å². The van der Waals surface area contributed by atoms with Crippen LogP contribution in [0.1, 0.15) is 23.1 Å². The topological polar surface area (TPSA) is 77.2 Å². The Morgan fingerprint density at radius 3 is 2.96 bits per heavy atom. The number of fused-ring (bicyclic) bond motifs is 1. The molecular weight excluding hydrogens is 316 g/mol. The largest absolute Gasteiger partial charge is 0.390 e.